The Balaban J connectivity index is 1.97. The van der Waals surface area contributed by atoms with Crippen LogP contribution in [0.2, 0.25) is 0 Å². The highest BCUT2D eigenvalue weighted by Crippen LogP contribution is 2.05. The first-order chi connectivity index (χ1) is 8.65. The average molecular weight is 245 g/mol. The van der Waals surface area contributed by atoms with E-state index in [2.05, 4.69) is 10.4 Å². The quantitative estimate of drug-likeness (QED) is 0.848. The molecule has 0 atom stereocenters. The van der Waals surface area contributed by atoms with Crippen molar-refractivity contribution in [1.29, 1.82) is 0 Å². The predicted molar refractivity (Wildman–Crippen MR) is 64.3 cm³/mol. The van der Waals surface area contributed by atoms with Crippen LogP contribution in [0.15, 0.2) is 42.6 Å². The number of hydrogen-bond acceptors (Lipinski definition) is 3. The van der Waals surface area contributed by atoms with Crippen molar-refractivity contribution in [2.24, 2.45) is 0 Å². The Morgan fingerprint density at radius 1 is 1.22 bits per heavy atom. The highest BCUT2D eigenvalue weighted by molar-refractivity contribution is 5.90. The van der Waals surface area contributed by atoms with E-state index < -0.39 is 5.97 Å². The molecule has 1 amide bonds. The summed E-state index contributed by atoms with van der Waals surface area (Å²) < 4.78 is 1.28. The molecule has 0 aliphatic rings. The van der Waals surface area contributed by atoms with Crippen molar-refractivity contribution >= 4 is 17.6 Å². The summed E-state index contributed by atoms with van der Waals surface area (Å²) in [6, 6.07) is 10.4. The molecule has 2 N–H and O–H groups in total. The Hall–Kier alpha value is -2.63. The molecule has 0 saturated heterocycles. The normalized spacial score (nSPS) is 10.0. The smallest absolute Gasteiger partial charge is 0.356 e. The van der Waals surface area contributed by atoms with Crippen LogP contribution in [-0.4, -0.2) is 26.8 Å². The lowest BCUT2D eigenvalue weighted by atomic mass is 10.3. The van der Waals surface area contributed by atoms with Crippen LogP contribution in [0.4, 0.5) is 5.69 Å². The molecule has 0 radical (unpaired) electrons. The van der Waals surface area contributed by atoms with Crippen LogP contribution in [0.5, 0.6) is 0 Å². The second-order valence-electron chi connectivity index (χ2n) is 3.62. The molecule has 1 aromatic carbocycles. The number of amides is 1. The number of nitrogens with zero attached hydrogens (tertiary/aromatic N) is 2. The van der Waals surface area contributed by atoms with Crippen molar-refractivity contribution in [3.63, 3.8) is 0 Å². The molecule has 6 nitrogen and oxygen atoms in total. The zero-order valence-corrected chi connectivity index (χ0v) is 9.41. The minimum atomic E-state index is -1.11. The van der Waals surface area contributed by atoms with Gasteiger partial charge in [-0.15, -0.1) is 0 Å². The highest BCUT2D eigenvalue weighted by atomic mass is 16.4. The number of anilines is 1. The number of para-hydroxylation sites is 1. The largest absolute Gasteiger partial charge is 0.476 e. The number of carboxylic acid groups (broad SMARTS) is 1. The fourth-order valence-electron chi connectivity index (χ4n) is 1.43. The summed E-state index contributed by atoms with van der Waals surface area (Å²) in [6.45, 7) is -0.0256. The van der Waals surface area contributed by atoms with E-state index in [1.54, 1.807) is 12.1 Å². The Morgan fingerprint density at radius 2 is 1.94 bits per heavy atom. The lowest BCUT2D eigenvalue weighted by Gasteiger charge is -2.04. The van der Waals surface area contributed by atoms with Gasteiger partial charge in [-0.2, -0.15) is 5.10 Å². The van der Waals surface area contributed by atoms with Crippen LogP contribution in [-0.2, 0) is 11.3 Å². The number of benzene rings is 1. The Bertz CT molecular complexity index is 563. The lowest BCUT2D eigenvalue weighted by Crippen LogP contribution is -2.19. The third-order valence-electron chi connectivity index (χ3n) is 2.22. The van der Waals surface area contributed by atoms with Gasteiger partial charge in [-0.05, 0) is 18.2 Å². The molecule has 92 valence electrons. The molecule has 1 aromatic heterocycles. The van der Waals surface area contributed by atoms with Gasteiger partial charge >= 0.3 is 5.97 Å². The van der Waals surface area contributed by atoms with E-state index in [0.29, 0.717) is 5.69 Å². The van der Waals surface area contributed by atoms with Crippen molar-refractivity contribution in [1.82, 2.24) is 9.78 Å². The second-order valence-corrected chi connectivity index (χ2v) is 3.62. The molecule has 18 heavy (non-hydrogen) atoms. The fraction of sp³-hybridized carbons (Fsp3) is 0.0833. The van der Waals surface area contributed by atoms with Crippen molar-refractivity contribution < 1.29 is 14.7 Å². The van der Waals surface area contributed by atoms with Gasteiger partial charge in [0.25, 0.3) is 0 Å². The molecule has 0 aliphatic heterocycles. The molecule has 0 spiro atoms. The van der Waals surface area contributed by atoms with Crippen molar-refractivity contribution in [2.45, 2.75) is 6.54 Å². The monoisotopic (exact) mass is 245 g/mol. The zero-order valence-electron chi connectivity index (χ0n) is 9.41. The number of aromatic carboxylic acids is 1. The van der Waals surface area contributed by atoms with Crippen molar-refractivity contribution in [3.05, 3.63) is 48.3 Å². The van der Waals surface area contributed by atoms with E-state index in [-0.39, 0.29) is 18.1 Å². The lowest BCUT2D eigenvalue weighted by molar-refractivity contribution is -0.116. The van der Waals surface area contributed by atoms with Crippen molar-refractivity contribution in [2.75, 3.05) is 5.32 Å². The third-order valence-corrected chi connectivity index (χ3v) is 2.22. The number of hydrogen-bond donors (Lipinski definition) is 2. The first-order valence-corrected chi connectivity index (χ1v) is 5.27. The summed E-state index contributed by atoms with van der Waals surface area (Å²) in [5.74, 6) is -1.38. The van der Waals surface area contributed by atoms with Crippen molar-refractivity contribution in [3.8, 4) is 0 Å². The molecular formula is C12H11N3O3. The maximum Gasteiger partial charge on any atom is 0.356 e. The van der Waals surface area contributed by atoms with E-state index in [9.17, 15) is 9.59 Å². The van der Waals surface area contributed by atoms with Gasteiger partial charge in [0.05, 0.1) is 0 Å². The van der Waals surface area contributed by atoms with E-state index in [0.717, 1.165) is 0 Å². The van der Waals surface area contributed by atoms with Gasteiger partial charge in [-0.1, -0.05) is 18.2 Å². The molecule has 6 heteroatoms. The Labute approximate surface area is 103 Å². The number of rotatable bonds is 4. The van der Waals surface area contributed by atoms with E-state index in [1.807, 2.05) is 18.2 Å². The fourth-order valence-corrected chi connectivity index (χ4v) is 1.43. The highest BCUT2D eigenvalue weighted by Gasteiger charge is 2.09. The average Bonchev–Trinajstić information content (AvgIpc) is 2.78. The number of carbonyl (C=O) groups excluding carboxylic acids is 1. The van der Waals surface area contributed by atoms with E-state index in [4.69, 9.17) is 5.11 Å². The molecule has 0 fully saturated rings. The zero-order chi connectivity index (χ0) is 13.0. The molecule has 2 aromatic rings. The molecule has 1 heterocycles. The molecule has 0 unspecified atom stereocenters. The van der Waals surface area contributed by atoms with E-state index >= 15 is 0 Å². The molecule has 0 aliphatic carbocycles. The second kappa shape index (κ2) is 5.13. The Morgan fingerprint density at radius 3 is 2.56 bits per heavy atom. The maximum absolute atomic E-state index is 11.6. The summed E-state index contributed by atoms with van der Waals surface area (Å²) in [5.41, 5.74) is 0.607. The van der Waals surface area contributed by atoms with Crippen LogP contribution < -0.4 is 5.32 Å². The third kappa shape index (κ3) is 2.94. The number of carbonyl (C=O) groups is 2. The molecular weight excluding hydrogens is 234 g/mol. The number of aromatic nitrogens is 2. The van der Waals surface area contributed by atoms with Gasteiger partial charge in [0.15, 0.2) is 5.69 Å². The number of nitrogens with one attached hydrogen (secondary N) is 1. The topological polar surface area (TPSA) is 84.2 Å². The van der Waals surface area contributed by atoms with Gasteiger partial charge in [0.1, 0.15) is 6.54 Å². The molecule has 0 saturated carbocycles. The summed E-state index contributed by atoms with van der Waals surface area (Å²) in [7, 11) is 0. The standard InChI is InChI=1S/C12H11N3O3/c16-11(13-9-4-2-1-3-5-9)8-15-7-6-10(14-15)12(17)18/h1-7H,8H2,(H,13,16)(H,17,18). The minimum Gasteiger partial charge on any atom is -0.476 e. The Kier molecular flexibility index (Phi) is 3.38. The summed E-state index contributed by atoms with van der Waals surface area (Å²) in [4.78, 5) is 22.3. The summed E-state index contributed by atoms with van der Waals surface area (Å²) >= 11 is 0. The van der Waals surface area contributed by atoms with Gasteiger partial charge in [0.2, 0.25) is 5.91 Å². The summed E-state index contributed by atoms with van der Waals surface area (Å²) in [6.07, 6.45) is 1.45. The SMILES string of the molecule is O=C(Cn1ccc(C(=O)O)n1)Nc1ccccc1. The molecule has 2 rings (SSSR count). The van der Waals surface area contributed by atoms with Crippen LogP contribution in [0.25, 0.3) is 0 Å². The van der Waals surface area contributed by atoms with Gasteiger partial charge in [0, 0.05) is 11.9 Å². The first-order valence-electron chi connectivity index (χ1n) is 5.27. The first kappa shape index (κ1) is 11.8. The summed E-state index contributed by atoms with van der Waals surface area (Å²) in [5, 5.41) is 15.1. The van der Waals surface area contributed by atoms with Crippen LogP contribution in [0.3, 0.4) is 0 Å². The van der Waals surface area contributed by atoms with Gasteiger partial charge in [-0.3, -0.25) is 9.48 Å². The maximum atomic E-state index is 11.6. The predicted octanol–water partition coefficient (Wildman–Crippen LogP) is 1.22. The van der Waals surface area contributed by atoms with Crippen LogP contribution in [0.1, 0.15) is 10.5 Å². The van der Waals surface area contributed by atoms with Gasteiger partial charge in [-0.25, -0.2) is 4.79 Å². The number of carboxylic acids is 1. The molecule has 0 bridgehead atoms. The van der Waals surface area contributed by atoms with Crippen LogP contribution in [0, 0.1) is 0 Å². The van der Waals surface area contributed by atoms with E-state index in [1.165, 1.54) is 16.9 Å². The van der Waals surface area contributed by atoms with Gasteiger partial charge < -0.3 is 10.4 Å². The minimum absolute atomic E-state index is 0.0256. The van der Waals surface area contributed by atoms with Crippen LogP contribution >= 0.6 is 0 Å².